The summed E-state index contributed by atoms with van der Waals surface area (Å²) in [6, 6.07) is 18.0. The molecule has 1 heterocycles. The van der Waals surface area contributed by atoms with Gasteiger partial charge in [0.2, 0.25) is 0 Å². The molecule has 1 aliphatic rings. The molecule has 0 aromatic heterocycles. The summed E-state index contributed by atoms with van der Waals surface area (Å²) in [4.78, 5) is 0. The maximum Gasteiger partial charge on any atom is 0.306 e. The van der Waals surface area contributed by atoms with Gasteiger partial charge in [0.1, 0.15) is 5.75 Å². The first-order valence-corrected chi connectivity index (χ1v) is 9.60. The highest BCUT2D eigenvalue weighted by Gasteiger charge is 2.27. The summed E-state index contributed by atoms with van der Waals surface area (Å²) in [7, 11) is -3.48. The minimum absolute atomic E-state index is 0.362. The molecule has 5 heteroatoms. The highest BCUT2D eigenvalue weighted by molar-refractivity contribution is 7.86. The standard InChI is InChI=1S/C18H21NO3S/c1-23(20,21)22-16-9-7-15(8-10-16)17-11-12-19-13-18(17)14-5-3-2-4-6-14/h2-10,17-19H,11-13H2,1H3/t17-,18-/m0/s1. The van der Waals surface area contributed by atoms with E-state index in [2.05, 4.69) is 29.6 Å². The zero-order valence-corrected chi connectivity index (χ0v) is 13.9. The maximum absolute atomic E-state index is 11.2. The van der Waals surface area contributed by atoms with Crippen LogP contribution in [0.4, 0.5) is 0 Å². The van der Waals surface area contributed by atoms with Crippen molar-refractivity contribution in [2.24, 2.45) is 0 Å². The number of benzene rings is 2. The molecule has 0 spiro atoms. The number of rotatable bonds is 4. The second kappa shape index (κ2) is 6.72. The van der Waals surface area contributed by atoms with Gasteiger partial charge in [0.25, 0.3) is 0 Å². The molecule has 0 unspecified atom stereocenters. The monoisotopic (exact) mass is 331 g/mol. The van der Waals surface area contributed by atoms with Gasteiger partial charge >= 0.3 is 10.1 Å². The van der Waals surface area contributed by atoms with Gasteiger partial charge in [-0.15, -0.1) is 0 Å². The van der Waals surface area contributed by atoms with Crippen LogP contribution < -0.4 is 9.50 Å². The van der Waals surface area contributed by atoms with Gasteiger partial charge in [-0.05, 0) is 42.1 Å². The van der Waals surface area contributed by atoms with Gasteiger partial charge < -0.3 is 9.50 Å². The molecule has 23 heavy (non-hydrogen) atoms. The third-order valence-electron chi connectivity index (χ3n) is 4.27. The Morgan fingerprint density at radius 3 is 2.26 bits per heavy atom. The van der Waals surface area contributed by atoms with E-state index in [1.807, 2.05) is 18.2 Å². The molecule has 1 saturated heterocycles. The van der Waals surface area contributed by atoms with Crippen LogP contribution in [-0.4, -0.2) is 27.8 Å². The second-order valence-electron chi connectivity index (χ2n) is 5.97. The molecule has 2 aromatic rings. The Morgan fingerprint density at radius 2 is 1.61 bits per heavy atom. The molecule has 1 N–H and O–H groups in total. The molecular formula is C18H21NO3S. The Kier molecular flexibility index (Phi) is 4.68. The van der Waals surface area contributed by atoms with Gasteiger partial charge in [-0.1, -0.05) is 42.5 Å². The van der Waals surface area contributed by atoms with Crippen LogP contribution in [0, 0.1) is 0 Å². The van der Waals surface area contributed by atoms with Gasteiger partial charge in [-0.3, -0.25) is 0 Å². The predicted octanol–water partition coefficient (Wildman–Crippen LogP) is 2.89. The molecule has 4 nitrogen and oxygen atoms in total. The summed E-state index contributed by atoms with van der Waals surface area (Å²) < 4.78 is 27.3. The number of piperidine rings is 1. The molecule has 0 saturated carbocycles. The Balaban J connectivity index is 1.83. The van der Waals surface area contributed by atoms with Gasteiger partial charge in [0.15, 0.2) is 0 Å². The average Bonchev–Trinajstić information content (AvgIpc) is 2.55. The number of hydrogen-bond donors (Lipinski definition) is 1. The third kappa shape index (κ3) is 4.12. The molecule has 0 amide bonds. The molecule has 2 aromatic carbocycles. The first-order valence-electron chi connectivity index (χ1n) is 7.78. The quantitative estimate of drug-likeness (QED) is 0.875. The largest absolute Gasteiger partial charge is 0.383 e. The summed E-state index contributed by atoms with van der Waals surface area (Å²) in [5.74, 6) is 1.21. The van der Waals surface area contributed by atoms with E-state index in [4.69, 9.17) is 4.18 Å². The Morgan fingerprint density at radius 1 is 0.957 bits per heavy atom. The van der Waals surface area contributed by atoms with E-state index in [0.717, 1.165) is 25.8 Å². The van der Waals surface area contributed by atoms with Gasteiger partial charge in [0, 0.05) is 12.5 Å². The van der Waals surface area contributed by atoms with Crippen molar-refractivity contribution < 1.29 is 12.6 Å². The topological polar surface area (TPSA) is 55.4 Å². The van der Waals surface area contributed by atoms with E-state index in [1.54, 1.807) is 12.1 Å². The Labute approximate surface area is 137 Å². The average molecular weight is 331 g/mol. The van der Waals surface area contributed by atoms with E-state index in [0.29, 0.717) is 17.6 Å². The van der Waals surface area contributed by atoms with Crippen molar-refractivity contribution in [2.45, 2.75) is 18.3 Å². The van der Waals surface area contributed by atoms with Crippen molar-refractivity contribution in [2.75, 3.05) is 19.3 Å². The van der Waals surface area contributed by atoms with E-state index < -0.39 is 10.1 Å². The van der Waals surface area contributed by atoms with Crippen molar-refractivity contribution in [3.8, 4) is 5.75 Å². The summed E-state index contributed by atoms with van der Waals surface area (Å²) in [5.41, 5.74) is 2.56. The minimum atomic E-state index is -3.48. The lowest BCUT2D eigenvalue weighted by Gasteiger charge is -2.33. The van der Waals surface area contributed by atoms with Crippen molar-refractivity contribution in [3.63, 3.8) is 0 Å². The highest BCUT2D eigenvalue weighted by Crippen LogP contribution is 2.37. The molecule has 1 fully saturated rings. The van der Waals surface area contributed by atoms with Crippen LogP contribution in [0.3, 0.4) is 0 Å². The van der Waals surface area contributed by atoms with Crippen molar-refractivity contribution >= 4 is 10.1 Å². The molecule has 2 atom stereocenters. The molecule has 122 valence electrons. The molecule has 3 rings (SSSR count). The van der Waals surface area contributed by atoms with Crippen LogP contribution in [-0.2, 0) is 10.1 Å². The summed E-state index contributed by atoms with van der Waals surface area (Å²) in [6.45, 7) is 1.95. The molecule has 1 aliphatic heterocycles. The van der Waals surface area contributed by atoms with Crippen molar-refractivity contribution in [3.05, 3.63) is 65.7 Å². The number of hydrogen-bond acceptors (Lipinski definition) is 4. The van der Waals surface area contributed by atoms with E-state index >= 15 is 0 Å². The number of nitrogens with one attached hydrogen (secondary N) is 1. The molecular weight excluding hydrogens is 310 g/mol. The van der Waals surface area contributed by atoms with Gasteiger partial charge in [-0.25, -0.2) is 0 Å². The van der Waals surface area contributed by atoms with E-state index in [-0.39, 0.29) is 0 Å². The summed E-state index contributed by atoms with van der Waals surface area (Å²) in [6.07, 6.45) is 2.12. The van der Waals surface area contributed by atoms with Crippen LogP contribution in [0.1, 0.15) is 29.4 Å². The van der Waals surface area contributed by atoms with Crippen LogP contribution in [0.2, 0.25) is 0 Å². The van der Waals surface area contributed by atoms with Gasteiger partial charge in [-0.2, -0.15) is 8.42 Å². The van der Waals surface area contributed by atoms with Crippen molar-refractivity contribution in [1.29, 1.82) is 0 Å². The fourth-order valence-electron chi connectivity index (χ4n) is 3.25. The lowest BCUT2D eigenvalue weighted by Crippen LogP contribution is -2.34. The fourth-order valence-corrected chi connectivity index (χ4v) is 3.71. The zero-order chi connectivity index (χ0) is 16.3. The highest BCUT2D eigenvalue weighted by atomic mass is 32.2. The van der Waals surface area contributed by atoms with Crippen LogP contribution in [0.5, 0.6) is 5.75 Å². The normalized spacial score (nSPS) is 21.8. The second-order valence-corrected chi connectivity index (χ2v) is 7.55. The van der Waals surface area contributed by atoms with Crippen molar-refractivity contribution in [1.82, 2.24) is 5.32 Å². The van der Waals surface area contributed by atoms with E-state index in [1.165, 1.54) is 11.1 Å². The first kappa shape index (κ1) is 16.0. The predicted molar refractivity (Wildman–Crippen MR) is 91.3 cm³/mol. The maximum atomic E-state index is 11.2. The first-order chi connectivity index (χ1) is 11.0. The van der Waals surface area contributed by atoms with Crippen LogP contribution in [0.15, 0.2) is 54.6 Å². The summed E-state index contributed by atoms with van der Waals surface area (Å²) in [5, 5.41) is 3.47. The molecule has 0 radical (unpaired) electrons. The SMILES string of the molecule is CS(=O)(=O)Oc1ccc([C@@H]2CCNC[C@H]2c2ccccc2)cc1. The van der Waals surface area contributed by atoms with E-state index in [9.17, 15) is 8.42 Å². The Bertz CT molecular complexity index is 742. The minimum Gasteiger partial charge on any atom is -0.383 e. The van der Waals surface area contributed by atoms with Crippen LogP contribution in [0.25, 0.3) is 0 Å². The van der Waals surface area contributed by atoms with Crippen LogP contribution >= 0.6 is 0 Å². The summed E-state index contributed by atoms with van der Waals surface area (Å²) >= 11 is 0. The lowest BCUT2D eigenvalue weighted by atomic mass is 9.77. The molecule has 0 bridgehead atoms. The fraction of sp³-hybridized carbons (Fsp3) is 0.333. The zero-order valence-electron chi connectivity index (χ0n) is 13.1. The smallest absolute Gasteiger partial charge is 0.306 e. The van der Waals surface area contributed by atoms with Gasteiger partial charge in [0.05, 0.1) is 6.26 Å². The Hall–Kier alpha value is -1.85. The third-order valence-corrected chi connectivity index (χ3v) is 4.76. The molecule has 0 aliphatic carbocycles. The lowest BCUT2D eigenvalue weighted by molar-refractivity contribution is 0.404.